The fraction of sp³-hybridized carbons (Fsp3) is 0.846. The number of rotatable bonds is 1. The van der Waals surface area contributed by atoms with E-state index >= 15 is 0 Å². The SMILES string of the molecule is CC1CN(C(=O)C2CCC(F)(F)CC2)CCC1=NO. The van der Waals surface area contributed by atoms with Crippen LogP contribution >= 0.6 is 0 Å². The second-order valence-corrected chi connectivity index (χ2v) is 5.66. The monoisotopic (exact) mass is 274 g/mol. The fourth-order valence-corrected chi connectivity index (χ4v) is 2.92. The molecule has 1 aliphatic heterocycles. The molecule has 2 aliphatic rings. The number of oxime groups is 1. The van der Waals surface area contributed by atoms with Gasteiger partial charge in [0, 0.05) is 44.2 Å². The predicted octanol–water partition coefficient (Wildman–Crippen LogP) is 2.51. The maximum Gasteiger partial charge on any atom is 0.248 e. The molecule has 1 atom stereocenters. The van der Waals surface area contributed by atoms with E-state index in [0.29, 0.717) is 25.2 Å². The van der Waals surface area contributed by atoms with Gasteiger partial charge in [-0.25, -0.2) is 8.78 Å². The number of likely N-dealkylation sites (tertiary alicyclic amines) is 1. The molecule has 0 bridgehead atoms. The van der Waals surface area contributed by atoms with Gasteiger partial charge >= 0.3 is 0 Å². The molecular weight excluding hydrogens is 254 g/mol. The van der Waals surface area contributed by atoms with E-state index in [1.54, 1.807) is 4.90 Å². The highest BCUT2D eigenvalue weighted by molar-refractivity contribution is 5.89. The van der Waals surface area contributed by atoms with Crippen LogP contribution in [-0.4, -0.2) is 40.7 Å². The molecule has 4 nitrogen and oxygen atoms in total. The van der Waals surface area contributed by atoms with Gasteiger partial charge in [-0.15, -0.1) is 0 Å². The minimum Gasteiger partial charge on any atom is -0.411 e. The summed E-state index contributed by atoms with van der Waals surface area (Å²) in [6, 6.07) is 0. The van der Waals surface area contributed by atoms with E-state index in [1.165, 1.54) is 0 Å². The molecule has 19 heavy (non-hydrogen) atoms. The molecule has 1 N–H and O–H groups in total. The van der Waals surface area contributed by atoms with Crippen molar-refractivity contribution in [2.75, 3.05) is 13.1 Å². The molecule has 1 aliphatic carbocycles. The van der Waals surface area contributed by atoms with Gasteiger partial charge in [-0.1, -0.05) is 12.1 Å². The number of nitrogens with zero attached hydrogens (tertiary/aromatic N) is 2. The van der Waals surface area contributed by atoms with Crippen molar-refractivity contribution in [1.29, 1.82) is 0 Å². The quantitative estimate of drug-likeness (QED) is 0.590. The van der Waals surface area contributed by atoms with Crippen LogP contribution in [0, 0.1) is 11.8 Å². The van der Waals surface area contributed by atoms with Gasteiger partial charge in [-0.3, -0.25) is 4.79 Å². The van der Waals surface area contributed by atoms with E-state index in [1.807, 2.05) is 6.92 Å². The first-order chi connectivity index (χ1) is 8.93. The second-order valence-electron chi connectivity index (χ2n) is 5.66. The molecule has 0 radical (unpaired) electrons. The van der Waals surface area contributed by atoms with Crippen LogP contribution in [-0.2, 0) is 4.79 Å². The van der Waals surface area contributed by atoms with Crippen LogP contribution in [0.15, 0.2) is 5.16 Å². The van der Waals surface area contributed by atoms with Crippen LogP contribution in [0.5, 0.6) is 0 Å². The third-order valence-electron chi connectivity index (χ3n) is 4.21. The maximum absolute atomic E-state index is 13.1. The molecule has 2 fully saturated rings. The zero-order valence-electron chi connectivity index (χ0n) is 11.1. The van der Waals surface area contributed by atoms with E-state index < -0.39 is 5.92 Å². The van der Waals surface area contributed by atoms with Gasteiger partial charge in [0.15, 0.2) is 0 Å². The molecule has 0 aromatic carbocycles. The van der Waals surface area contributed by atoms with Crippen molar-refractivity contribution in [3.8, 4) is 0 Å². The highest BCUT2D eigenvalue weighted by Gasteiger charge is 2.39. The Balaban J connectivity index is 1.91. The normalized spacial score (nSPS) is 30.6. The topological polar surface area (TPSA) is 52.9 Å². The summed E-state index contributed by atoms with van der Waals surface area (Å²) in [4.78, 5) is 14.0. The smallest absolute Gasteiger partial charge is 0.248 e. The Morgan fingerprint density at radius 3 is 2.58 bits per heavy atom. The van der Waals surface area contributed by atoms with Crippen LogP contribution in [0.2, 0.25) is 0 Å². The van der Waals surface area contributed by atoms with Crippen molar-refractivity contribution in [2.24, 2.45) is 17.0 Å². The number of halogens is 2. The molecule has 1 amide bonds. The molecular formula is C13H20F2N2O2. The van der Waals surface area contributed by atoms with Gasteiger partial charge in [0.25, 0.3) is 0 Å². The number of carbonyl (C=O) groups excluding carboxylic acids is 1. The standard InChI is InChI=1S/C13H20F2N2O2/c1-9-8-17(7-4-11(9)16-19)12(18)10-2-5-13(14,15)6-3-10/h9-10,19H,2-8H2,1H3. The zero-order valence-corrected chi connectivity index (χ0v) is 11.1. The predicted molar refractivity (Wildman–Crippen MR) is 66.5 cm³/mol. The Morgan fingerprint density at radius 2 is 2.05 bits per heavy atom. The molecule has 0 aromatic heterocycles. The Labute approximate surface area is 111 Å². The Hall–Kier alpha value is -1.20. The first-order valence-corrected chi connectivity index (χ1v) is 6.80. The summed E-state index contributed by atoms with van der Waals surface area (Å²) in [5.74, 6) is -2.84. The molecule has 108 valence electrons. The summed E-state index contributed by atoms with van der Waals surface area (Å²) in [5, 5.41) is 12.0. The number of hydrogen-bond acceptors (Lipinski definition) is 3. The van der Waals surface area contributed by atoms with Crippen molar-refractivity contribution in [2.45, 2.75) is 45.0 Å². The lowest BCUT2D eigenvalue weighted by atomic mass is 9.85. The summed E-state index contributed by atoms with van der Waals surface area (Å²) in [5.41, 5.74) is 0.708. The molecule has 1 heterocycles. The third kappa shape index (κ3) is 3.22. The molecule has 6 heteroatoms. The van der Waals surface area contributed by atoms with Gasteiger partial charge < -0.3 is 10.1 Å². The summed E-state index contributed by atoms with van der Waals surface area (Å²) >= 11 is 0. The minimum absolute atomic E-state index is 0.0145. The molecule has 1 unspecified atom stereocenters. The average molecular weight is 274 g/mol. The number of amides is 1. The zero-order chi connectivity index (χ0) is 14.0. The molecule has 2 rings (SSSR count). The van der Waals surface area contributed by atoms with E-state index in [2.05, 4.69) is 5.16 Å². The summed E-state index contributed by atoms with van der Waals surface area (Å²) in [6.07, 6.45) is 0.744. The summed E-state index contributed by atoms with van der Waals surface area (Å²) < 4.78 is 26.1. The second kappa shape index (κ2) is 5.43. The molecule has 0 aromatic rings. The average Bonchev–Trinajstić information content (AvgIpc) is 2.38. The van der Waals surface area contributed by atoms with Crippen molar-refractivity contribution in [1.82, 2.24) is 4.90 Å². The van der Waals surface area contributed by atoms with Crippen LogP contribution in [0.3, 0.4) is 0 Å². The van der Waals surface area contributed by atoms with Gasteiger partial charge in [0.1, 0.15) is 0 Å². The maximum atomic E-state index is 13.1. The molecule has 0 spiro atoms. The number of piperidine rings is 1. The van der Waals surface area contributed by atoms with E-state index in [0.717, 1.165) is 0 Å². The van der Waals surface area contributed by atoms with Crippen molar-refractivity contribution in [3.05, 3.63) is 0 Å². The van der Waals surface area contributed by atoms with E-state index in [-0.39, 0.29) is 43.4 Å². The lowest BCUT2D eigenvalue weighted by molar-refractivity contribution is -0.140. The molecule has 1 saturated heterocycles. The van der Waals surface area contributed by atoms with E-state index in [4.69, 9.17) is 5.21 Å². The first-order valence-electron chi connectivity index (χ1n) is 6.80. The van der Waals surface area contributed by atoms with Crippen LogP contribution in [0.4, 0.5) is 8.78 Å². The fourth-order valence-electron chi connectivity index (χ4n) is 2.92. The largest absolute Gasteiger partial charge is 0.411 e. The lowest BCUT2D eigenvalue weighted by Crippen LogP contribution is -2.46. The summed E-state index contributed by atoms with van der Waals surface area (Å²) in [7, 11) is 0. The van der Waals surface area contributed by atoms with Gasteiger partial charge in [0.2, 0.25) is 11.8 Å². The van der Waals surface area contributed by atoms with Gasteiger partial charge in [0.05, 0.1) is 5.71 Å². The molecule has 1 saturated carbocycles. The lowest BCUT2D eigenvalue weighted by Gasteiger charge is -2.36. The van der Waals surface area contributed by atoms with Crippen LogP contribution in [0.1, 0.15) is 39.0 Å². The first kappa shape index (κ1) is 14.2. The van der Waals surface area contributed by atoms with Gasteiger partial charge in [-0.05, 0) is 12.8 Å². The van der Waals surface area contributed by atoms with Crippen LogP contribution in [0.25, 0.3) is 0 Å². The third-order valence-corrected chi connectivity index (χ3v) is 4.21. The van der Waals surface area contributed by atoms with Crippen molar-refractivity contribution < 1.29 is 18.8 Å². The van der Waals surface area contributed by atoms with Gasteiger partial charge in [-0.2, -0.15) is 0 Å². The van der Waals surface area contributed by atoms with Crippen molar-refractivity contribution >= 4 is 11.6 Å². The Kier molecular flexibility index (Phi) is 4.06. The van der Waals surface area contributed by atoms with Crippen LogP contribution < -0.4 is 0 Å². The number of alkyl halides is 2. The number of hydrogen-bond donors (Lipinski definition) is 1. The highest BCUT2D eigenvalue weighted by atomic mass is 19.3. The van der Waals surface area contributed by atoms with Crippen molar-refractivity contribution in [3.63, 3.8) is 0 Å². The minimum atomic E-state index is -2.59. The Bertz CT molecular complexity index is 375. The highest BCUT2D eigenvalue weighted by Crippen LogP contribution is 2.37. The van der Waals surface area contributed by atoms with E-state index in [9.17, 15) is 13.6 Å². The summed E-state index contributed by atoms with van der Waals surface area (Å²) in [6.45, 7) is 2.95. The number of carbonyl (C=O) groups is 1. The Morgan fingerprint density at radius 1 is 1.42 bits per heavy atom.